The van der Waals surface area contributed by atoms with Crippen LogP contribution in [0.1, 0.15) is 136 Å². The average molecular weight is 648 g/mol. The van der Waals surface area contributed by atoms with Crippen molar-refractivity contribution in [1.82, 2.24) is 5.32 Å². The summed E-state index contributed by atoms with van der Waals surface area (Å²) < 4.78 is 0. The van der Waals surface area contributed by atoms with Crippen LogP contribution in [-0.4, -0.2) is 34.9 Å². The van der Waals surface area contributed by atoms with Gasteiger partial charge in [0.25, 0.3) is 0 Å². The van der Waals surface area contributed by atoms with Crippen LogP contribution in [0.4, 0.5) is 0 Å². The lowest BCUT2D eigenvalue weighted by Crippen LogP contribution is -2.45. The maximum absolute atomic E-state index is 12.3. The molecular weight excluding hydrogens is 578 g/mol. The third kappa shape index (κ3) is 34.2. The van der Waals surface area contributed by atoms with Crippen molar-refractivity contribution in [2.75, 3.05) is 6.61 Å². The molecule has 47 heavy (non-hydrogen) atoms. The van der Waals surface area contributed by atoms with Gasteiger partial charge in [0.05, 0.1) is 18.8 Å². The van der Waals surface area contributed by atoms with Crippen molar-refractivity contribution in [2.45, 2.75) is 148 Å². The van der Waals surface area contributed by atoms with E-state index in [0.29, 0.717) is 6.42 Å². The van der Waals surface area contributed by atoms with Gasteiger partial charge in [-0.05, 0) is 96.3 Å². The molecule has 0 aromatic heterocycles. The van der Waals surface area contributed by atoms with E-state index in [-0.39, 0.29) is 12.5 Å². The Labute approximate surface area is 289 Å². The Kier molecular flexibility index (Phi) is 35.2. The minimum Gasteiger partial charge on any atom is -0.394 e. The summed E-state index contributed by atoms with van der Waals surface area (Å²) in [7, 11) is 0. The van der Waals surface area contributed by atoms with Crippen LogP contribution in [0.25, 0.3) is 0 Å². The molecule has 0 rings (SSSR count). The molecule has 0 aliphatic heterocycles. The molecular formula is C43H69NO3. The van der Waals surface area contributed by atoms with Gasteiger partial charge >= 0.3 is 0 Å². The molecule has 0 fully saturated rings. The third-order valence-electron chi connectivity index (χ3n) is 7.47. The van der Waals surface area contributed by atoms with Gasteiger partial charge in [-0.15, -0.1) is 0 Å². The van der Waals surface area contributed by atoms with Crippen LogP contribution >= 0.6 is 0 Å². The Bertz CT molecular complexity index is 964. The molecule has 3 N–H and O–H groups in total. The standard InChI is InChI=1S/C43H69NO3/c1-3-5-7-9-11-13-15-17-19-20-21-22-23-24-25-27-29-31-33-35-37-39-43(47)44-41(40-45)42(46)38-36-34-32-30-28-26-18-16-14-12-10-8-6-4-2/h5,7,11,13-14,16-17,19,21-22,24-25,28-31,36,38,41-42,45-46H,3-4,6,8-10,12,15,18,20,23,26-27,32-35,37,39-40H2,1-2H3,(H,44,47)/b7-5-,13-11-,16-14+,19-17-,22-21-,25-24-,30-28+,31-29-,38-36+. The number of aliphatic hydroxyl groups excluding tert-OH is 2. The van der Waals surface area contributed by atoms with E-state index in [2.05, 4.69) is 116 Å². The molecule has 0 aromatic carbocycles. The number of hydrogen-bond acceptors (Lipinski definition) is 3. The predicted molar refractivity (Wildman–Crippen MR) is 206 cm³/mol. The normalized spacial score (nSPS) is 14.4. The molecule has 0 saturated heterocycles. The first-order valence-electron chi connectivity index (χ1n) is 18.6. The summed E-state index contributed by atoms with van der Waals surface area (Å²) in [5.74, 6) is -0.128. The Morgan fingerprint density at radius 1 is 0.532 bits per heavy atom. The van der Waals surface area contributed by atoms with Gasteiger partial charge < -0.3 is 15.5 Å². The first-order chi connectivity index (χ1) is 23.2. The van der Waals surface area contributed by atoms with E-state index >= 15 is 0 Å². The first kappa shape index (κ1) is 44.1. The molecule has 0 aromatic rings. The zero-order valence-electron chi connectivity index (χ0n) is 30.0. The summed E-state index contributed by atoms with van der Waals surface area (Å²) in [6, 6.07) is -0.675. The van der Waals surface area contributed by atoms with Crippen molar-refractivity contribution in [1.29, 1.82) is 0 Å². The highest BCUT2D eigenvalue weighted by atomic mass is 16.3. The Morgan fingerprint density at radius 3 is 1.45 bits per heavy atom. The van der Waals surface area contributed by atoms with Crippen molar-refractivity contribution in [3.63, 3.8) is 0 Å². The fourth-order valence-electron chi connectivity index (χ4n) is 4.62. The summed E-state index contributed by atoms with van der Waals surface area (Å²) in [5, 5.41) is 22.8. The van der Waals surface area contributed by atoms with Gasteiger partial charge in [0.2, 0.25) is 5.91 Å². The number of unbranched alkanes of at least 4 members (excludes halogenated alkanes) is 8. The van der Waals surface area contributed by atoms with Gasteiger partial charge in [0, 0.05) is 6.42 Å². The predicted octanol–water partition coefficient (Wildman–Crippen LogP) is 11.3. The van der Waals surface area contributed by atoms with Crippen LogP contribution in [0.2, 0.25) is 0 Å². The van der Waals surface area contributed by atoms with E-state index in [1.165, 1.54) is 32.1 Å². The van der Waals surface area contributed by atoms with Crippen LogP contribution in [0.3, 0.4) is 0 Å². The molecule has 0 spiro atoms. The number of aliphatic hydroxyl groups is 2. The van der Waals surface area contributed by atoms with Crippen molar-refractivity contribution in [3.8, 4) is 0 Å². The third-order valence-corrected chi connectivity index (χ3v) is 7.47. The number of carbonyl (C=O) groups excluding carboxylic acids is 1. The van der Waals surface area contributed by atoms with Crippen molar-refractivity contribution in [3.05, 3.63) is 109 Å². The molecule has 0 heterocycles. The molecule has 1 amide bonds. The second-order valence-corrected chi connectivity index (χ2v) is 11.9. The van der Waals surface area contributed by atoms with E-state index in [0.717, 1.165) is 83.5 Å². The zero-order valence-corrected chi connectivity index (χ0v) is 30.0. The highest BCUT2D eigenvalue weighted by Gasteiger charge is 2.17. The van der Waals surface area contributed by atoms with E-state index in [1.807, 2.05) is 6.08 Å². The van der Waals surface area contributed by atoms with Gasteiger partial charge in [-0.3, -0.25) is 4.79 Å². The Morgan fingerprint density at radius 2 is 0.957 bits per heavy atom. The molecule has 2 unspecified atom stereocenters. The average Bonchev–Trinajstić information content (AvgIpc) is 3.07. The lowest BCUT2D eigenvalue weighted by atomic mass is 10.1. The van der Waals surface area contributed by atoms with Crippen molar-refractivity contribution < 1.29 is 15.0 Å². The maximum Gasteiger partial charge on any atom is 0.220 e. The van der Waals surface area contributed by atoms with Gasteiger partial charge in [-0.1, -0.05) is 142 Å². The van der Waals surface area contributed by atoms with Crippen LogP contribution < -0.4 is 5.32 Å². The summed E-state index contributed by atoms with van der Waals surface area (Å²) in [6.07, 6.45) is 57.4. The number of carbonyl (C=O) groups is 1. The number of allylic oxidation sites excluding steroid dienone is 17. The largest absolute Gasteiger partial charge is 0.394 e. The molecule has 0 saturated carbocycles. The molecule has 0 aliphatic carbocycles. The molecule has 4 nitrogen and oxygen atoms in total. The number of amides is 1. The van der Waals surface area contributed by atoms with E-state index in [1.54, 1.807) is 6.08 Å². The molecule has 0 bridgehead atoms. The van der Waals surface area contributed by atoms with Crippen LogP contribution in [0.5, 0.6) is 0 Å². The fraction of sp³-hybridized carbons (Fsp3) is 0.558. The topological polar surface area (TPSA) is 69.6 Å². The minimum atomic E-state index is -0.894. The maximum atomic E-state index is 12.3. The van der Waals surface area contributed by atoms with E-state index in [4.69, 9.17) is 0 Å². The zero-order chi connectivity index (χ0) is 34.3. The van der Waals surface area contributed by atoms with Gasteiger partial charge in [0.1, 0.15) is 0 Å². The number of nitrogens with one attached hydrogen (secondary N) is 1. The van der Waals surface area contributed by atoms with Crippen molar-refractivity contribution >= 4 is 5.91 Å². The highest BCUT2D eigenvalue weighted by molar-refractivity contribution is 5.76. The van der Waals surface area contributed by atoms with Gasteiger partial charge in [0.15, 0.2) is 0 Å². The van der Waals surface area contributed by atoms with E-state index < -0.39 is 12.1 Å². The smallest absolute Gasteiger partial charge is 0.220 e. The first-order valence-corrected chi connectivity index (χ1v) is 18.6. The second-order valence-electron chi connectivity index (χ2n) is 11.9. The molecule has 2 atom stereocenters. The van der Waals surface area contributed by atoms with Crippen molar-refractivity contribution in [2.24, 2.45) is 0 Å². The molecule has 264 valence electrons. The monoisotopic (exact) mass is 648 g/mol. The number of rotatable bonds is 31. The summed E-state index contributed by atoms with van der Waals surface area (Å²) in [4.78, 5) is 12.3. The Hall–Kier alpha value is -2.95. The van der Waals surface area contributed by atoms with Crippen LogP contribution in [0.15, 0.2) is 109 Å². The molecule has 4 heteroatoms. The summed E-state index contributed by atoms with van der Waals surface area (Å²) >= 11 is 0. The van der Waals surface area contributed by atoms with Gasteiger partial charge in [-0.25, -0.2) is 0 Å². The second kappa shape index (κ2) is 37.5. The molecule has 0 radical (unpaired) electrons. The minimum absolute atomic E-state index is 0.128. The fourth-order valence-corrected chi connectivity index (χ4v) is 4.62. The Balaban J connectivity index is 3.86. The summed E-state index contributed by atoms with van der Waals surface area (Å²) in [6.45, 7) is 4.10. The van der Waals surface area contributed by atoms with Crippen LogP contribution in [-0.2, 0) is 4.79 Å². The summed E-state index contributed by atoms with van der Waals surface area (Å²) in [5.41, 5.74) is 0. The molecule has 0 aliphatic rings. The van der Waals surface area contributed by atoms with Crippen LogP contribution in [0, 0.1) is 0 Å². The number of hydrogen-bond donors (Lipinski definition) is 3. The SMILES string of the molecule is CC/C=C\C/C=C\C/C=C\C/C=C\C/C=C\C/C=C\CCCCC(=O)NC(CO)C(O)/C=C/CC/C=C/CC/C=C/CCCCCC. The lowest BCUT2D eigenvalue weighted by molar-refractivity contribution is -0.123. The highest BCUT2D eigenvalue weighted by Crippen LogP contribution is 2.06. The quantitative estimate of drug-likeness (QED) is 0.0518. The lowest BCUT2D eigenvalue weighted by Gasteiger charge is -2.19. The van der Waals surface area contributed by atoms with E-state index in [9.17, 15) is 15.0 Å². The van der Waals surface area contributed by atoms with Gasteiger partial charge in [-0.2, -0.15) is 0 Å².